The van der Waals surface area contributed by atoms with Gasteiger partial charge in [-0.05, 0) is 19.9 Å². The number of nitrogens with zero attached hydrogens (tertiary/aromatic N) is 1. The first-order valence-corrected chi connectivity index (χ1v) is 5.53. The minimum Gasteiger partial charge on any atom is -0.508 e. The number of carbonyl (C=O) groups excluding carboxylic acids is 1. The molecule has 18 heavy (non-hydrogen) atoms. The van der Waals surface area contributed by atoms with Crippen LogP contribution in [0.4, 0.5) is 0 Å². The van der Waals surface area contributed by atoms with Crippen molar-refractivity contribution in [2.75, 3.05) is 7.05 Å². The van der Waals surface area contributed by atoms with E-state index in [-0.39, 0.29) is 18.1 Å². The minimum absolute atomic E-state index is 0.0279. The van der Waals surface area contributed by atoms with E-state index in [1.807, 2.05) is 0 Å². The monoisotopic (exact) mass is 251 g/mol. The van der Waals surface area contributed by atoms with E-state index in [1.165, 1.54) is 31.9 Å². The quantitative estimate of drug-likeness (QED) is 0.844. The van der Waals surface area contributed by atoms with Gasteiger partial charge in [-0.2, -0.15) is 0 Å². The molecule has 0 saturated heterocycles. The Balaban J connectivity index is 2.84. The Hall–Kier alpha value is -2.04. The number of hydrogen-bond donors (Lipinski definition) is 2. The molecular weight excluding hydrogens is 234 g/mol. The van der Waals surface area contributed by atoms with Gasteiger partial charge in [0.15, 0.2) is 0 Å². The lowest BCUT2D eigenvalue weighted by Gasteiger charge is -2.31. The molecule has 0 radical (unpaired) electrons. The summed E-state index contributed by atoms with van der Waals surface area (Å²) < 4.78 is 0. The van der Waals surface area contributed by atoms with Crippen LogP contribution in [0.25, 0.3) is 0 Å². The van der Waals surface area contributed by atoms with Crippen molar-refractivity contribution >= 4 is 11.9 Å². The molecule has 1 aromatic carbocycles. The number of carboxylic acids is 1. The number of aromatic hydroxyl groups is 1. The topological polar surface area (TPSA) is 77.8 Å². The van der Waals surface area contributed by atoms with Crippen LogP contribution in [0.2, 0.25) is 0 Å². The van der Waals surface area contributed by atoms with Gasteiger partial charge >= 0.3 is 5.97 Å². The maximum absolute atomic E-state index is 12.0. The summed E-state index contributed by atoms with van der Waals surface area (Å²) in [5.74, 6) is -1.40. The van der Waals surface area contributed by atoms with Gasteiger partial charge in [-0.1, -0.05) is 18.2 Å². The number of benzene rings is 1. The molecule has 0 aromatic heterocycles. The first-order valence-electron chi connectivity index (χ1n) is 5.53. The smallest absolute Gasteiger partial charge is 0.329 e. The zero-order valence-corrected chi connectivity index (χ0v) is 10.7. The third kappa shape index (κ3) is 2.80. The van der Waals surface area contributed by atoms with Crippen LogP contribution in [0, 0.1) is 0 Å². The number of amides is 1. The molecule has 0 heterocycles. The Labute approximate surface area is 106 Å². The van der Waals surface area contributed by atoms with Crippen LogP contribution < -0.4 is 0 Å². The largest absolute Gasteiger partial charge is 0.508 e. The van der Waals surface area contributed by atoms with Gasteiger partial charge in [0.2, 0.25) is 5.91 Å². The molecule has 0 aliphatic carbocycles. The van der Waals surface area contributed by atoms with Crippen LogP contribution >= 0.6 is 0 Å². The zero-order chi connectivity index (χ0) is 13.9. The summed E-state index contributed by atoms with van der Waals surface area (Å²) in [6.45, 7) is 2.91. The van der Waals surface area contributed by atoms with Crippen molar-refractivity contribution in [3.8, 4) is 5.75 Å². The van der Waals surface area contributed by atoms with E-state index in [9.17, 15) is 14.7 Å². The van der Waals surface area contributed by atoms with Crippen molar-refractivity contribution in [3.05, 3.63) is 29.8 Å². The summed E-state index contributed by atoms with van der Waals surface area (Å²) in [4.78, 5) is 24.2. The van der Waals surface area contributed by atoms with Gasteiger partial charge in [0.05, 0.1) is 6.42 Å². The van der Waals surface area contributed by atoms with Crippen LogP contribution in [-0.4, -0.2) is 39.6 Å². The predicted octanol–water partition coefficient (Wildman–Crippen LogP) is 1.26. The van der Waals surface area contributed by atoms with Gasteiger partial charge in [0, 0.05) is 12.6 Å². The van der Waals surface area contributed by atoms with Gasteiger partial charge < -0.3 is 15.1 Å². The maximum Gasteiger partial charge on any atom is 0.329 e. The third-order valence-corrected chi connectivity index (χ3v) is 3.07. The molecular formula is C13H17NO4. The second-order valence-corrected chi connectivity index (χ2v) is 4.62. The predicted molar refractivity (Wildman–Crippen MR) is 66.3 cm³/mol. The van der Waals surface area contributed by atoms with Crippen molar-refractivity contribution in [2.24, 2.45) is 0 Å². The normalized spacial score (nSPS) is 11.1. The average molecular weight is 251 g/mol. The third-order valence-electron chi connectivity index (χ3n) is 3.07. The minimum atomic E-state index is -1.28. The molecule has 1 rings (SSSR count). The second kappa shape index (κ2) is 5.08. The van der Waals surface area contributed by atoms with E-state index in [0.29, 0.717) is 5.56 Å². The molecule has 0 unspecified atom stereocenters. The molecule has 5 heteroatoms. The molecule has 2 N–H and O–H groups in total. The Morgan fingerprint density at radius 1 is 1.28 bits per heavy atom. The highest BCUT2D eigenvalue weighted by Gasteiger charge is 2.35. The Morgan fingerprint density at radius 2 is 1.83 bits per heavy atom. The highest BCUT2D eigenvalue weighted by molar-refractivity contribution is 5.87. The standard InChI is InChI=1S/C13H17NO4/c1-13(2,12(17)18)14(3)11(16)8-9-6-4-5-7-10(9)15/h4-7,15H,8H2,1-3H3,(H,17,18). The highest BCUT2D eigenvalue weighted by atomic mass is 16.4. The molecule has 0 bridgehead atoms. The highest BCUT2D eigenvalue weighted by Crippen LogP contribution is 2.19. The van der Waals surface area contributed by atoms with Crippen molar-refractivity contribution in [3.63, 3.8) is 0 Å². The van der Waals surface area contributed by atoms with Crippen molar-refractivity contribution in [1.29, 1.82) is 0 Å². The number of phenols is 1. The Bertz CT molecular complexity index is 468. The number of rotatable bonds is 4. The van der Waals surface area contributed by atoms with Gasteiger partial charge in [-0.25, -0.2) is 4.79 Å². The molecule has 1 aromatic rings. The Morgan fingerprint density at radius 3 is 2.33 bits per heavy atom. The number of carbonyl (C=O) groups is 2. The lowest BCUT2D eigenvalue weighted by molar-refractivity contribution is -0.155. The van der Waals surface area contributed by atoms with E-state index in [0.717, 1.165) is 0 Å². The van der Waals surface area contributed by atoms with E-state index >= 15 is 0 Å². The number of hydrogen-bond acceptors (Lipinski definition) is 3. The number of aliphatic carboxylic acids is 1. The first-order chi connectivity index (χ1) is 8.26. The Kier molecular flexibility index (Phi) is 3.96. The molecule has 5 nitrogen and oxygen atoms in total. The van der Waals surface area contributed by atoms with Crippen LogP contribution in [-0.2, 0) is 16.0 Å². The first kappa shape index (κ1) is 14.0. The maximum atomic E-state index is 12.0. The van der Waals surface area contributed by atoms with Crippen LogP contribution in [0.1, 0.15) is 19.4 Å². The summed E-state index contributed by atoms with van der Waals surface area (Å²) >= 11 is 0. The molecule has 0 aliphatic rings. The van der Waals surface area contributed by atoms with E-state index < -0.39 is 11.5 Å². The zero-order valence-electron chi connectivity index (χ0n) is 10.7. The van der Waals surface area contributed by atoms with Crippen molar-refractivity contribution in [1.82, 2.24) is 4.90 Å². The fourth-order valence-electron chi connectivity index (χ4n) is 1.40. The number of phenolic OH excluding ortho intramolecular Hbond substituents is 1. The average Bonchev–Trinajstić information content (AvgIpc) is 2.30. The lowest BCUT2D eigenvalue weighted by Crippen LogP contribution is -2.51. The molecule has 0 atom stereocenters. The second-order valence-electron chi connectivity index (χ2n) is 4.62. The number of carboxylic acid groups (broad SMARTS) is 1. The molecule has 0 saturated carbocycles. The summed E-state index contributed by atoms with van der Waals surface area (Å²) in [5.41, 5.74) is -0.794. The van der Waals surface area contributed by atoms with Gasteiger partial charge in [-0.15, -0.1) is 0 Å². The molecule has 0 aliphatic heterocycles. The molecule has 0 spiro atoms. The van der Waals surface area contributed by atoms with Crippen molar-refractivity contribution in [2.45, 2.75) is 25.8 Å². The van der Waals surface area contributed by atoms with E-state index in [1.54, 1.807) is 18.2 Å². The van der Waals surface area contributed by atoms with Gasteiger partial charge in [-0.3, -0.25) is 4.79 Å². The number of likely N-dealkylation sites (N-methyl/N-ethyl adjacent to an activating group) is 1. The van der Waals surface area contributed by atoms with Crippen LogP contribution in [0.15, 0.2) is 24.3 Å². The van der Waals surface area contributed by atoms with Gasteiger partial charge in [0.25, 0.3) is 0 Å². The molecule has 0 fully saturated rings. The fraction of sp³-hybridized carbons (Fsp3) is 0.385. The molecule has 98 valence electrons. The SMILES string of the molecule is CN(C(=O)Cc1ccccc1O)C(C)(C)C(=O)O. The van der Waals surface area contributed by atoms with Crippen LogP contribution in [0.5, 0.6) is 5.75 Å². The lowest BCUT2D eigenvalue weighted by atomic mass is 10.0. The number of para-hydroxylation sites is 1. The summed E-state index contributed by atoms with van der Waals surface area (Å²) in [5, 5.41) is 18.6. The van der Waals surface area contributed by atoms with E-state index in [4.69, 9.17) is 5.11 Å². The summed E-state index contributed by atoms with van der Waals surface area (Å²) in [7, 11) is 1.44. The molecule has 1 amide bonds. The summed E-state index contributed by atoms with van der Waals surface area (Å²) in [6, 6.07) is 6.50. The summed E-state index contributed by atoms with van der Waals surface area (Å²) in [6.07, 6.45) is -0.0279. The fourth-order valence-corrected chi connectivity index (χ4v) is 1.40. The van der Waals surface area contributed by atoms with Crippen LogP contribution in [0.3, 0.4) is 0 Å². The van der Waals surface area contributed by atoms with Gasteiger partial charge in [0.1, 0.15) is 11.3 Å². The van der Waals surface area contributed by atoms with Crippen molar-refractivity contribution < 1.29 is 19.8 Å². The van der Waals surface area contributed by atoms with E-state index in [2.05, 4.69) is 0 Å².